The zero-order valence-corrected chi connectivity index (χ0v) is 61.9. The summed E-state index contributed by atoms with van der Waals surface area (Å²) in [6, 6.07) is 149. The van der Waals surface area contributed by atoms with Gasteiger partial charge in [-0.25, -0.2) is 0 Å². The lowest BCUT2D eigenvalue weighted by atomic mass is 9.98. The average molecular weight is 1450 g/mol. The van der Waals surface area contributed by atoms with Crippen molar-refractivity contribution in [2.24, 2.45) is 0 Å². The number of hydrogen-bond acceptors (Lipinski definition) is 2. The Morgan fingerprint density at radius 3 is 0.842 bits per heavy atom. The molecule has 24 aromatic rings. The molecule has 0 unspecified atom stereocenters. The molecule has 0 saturated heterocycles. The molecule has 24 rings (SSSR count). The normalized spacial score (nSPS) is 11.9. The molecule has 6 aromatic heterocycles. The van der Waals surface area contributed by atoms with Crippen LogP contribution in [0.1, 0.15) is 0 Å². The molecule has 0 aliphatic heterocycles. The first-order chi connectivity index (χ1) is 56.5. The second-order valence-corrected chi connectivity index (χ2v) is 29.9. The van der Waals surface area contributed by atoms with Gasteiger partial charge in [-0.15, -0.1) is 0 Å². The molecule has 6 heterocycles. The standard InChI is InChI=1S/2C54H34N2O/c1-3-14-35(15-4-1)39-30-40(36-16-5-2-6-17-36)32-41(31-39)55-48-22-10-7-18-42(48)46-33-37(26-28-50(46)55)38-27-29-51-47(34-38)43-19-8-11-23-49(43)56(51)52-24-13-21-45-44-20-9-12-25-53(44)57-54(45)52;1-3-13-35(14-4-1)39-29-40(36-15-5-2-6-16-36)31-42(30-39)56-50-21-11-8-18-44(50)47-33-38(24-27-52(47)56)37-23-26-51-46(32-37)43-17-7-10-20-49(43)55(51)41-25-28-54-48(34-41)45-19-9-12-22-53(45)57-54/h2*1-34H. The quantitative estimate of drug-likeness (QED) is 0.137. The lowest BCUT2D eigenvalue weighted by Crippen LogP contribution is -1.96. The maximum Gasteiger partial charge on any atom is 0.159 e. The Hall–Kier alpha value is -15.2. The van der Waals surface area contributed by atoms with Crippen molar-refractivity contribution in [2.45, 2.75) is 0 Å². The van der Waals surface area contributed by atoms with E-state index in [9.17, 15) is 0 Å². The minimum atomic E-state index is 0.900. The van der Waals surface area contributed by atoms with Gasteiger partial charge in [0.25, 0.3) is 0 Å². The first-order valence-corrected chi connectivity index (χ1v) is 39.0. The Balaban J connectivity index is 0.000000135. The van der Waals surface area contributed by atoms with Crippen molar-refractivity contribution in [2.75, 3.05) is 0 Å². The van der Waals surface area contributed by atoms with Crippen LogP contribution in [0, 0.1) is 0 Å². The molecule has 6 nitrogen and oxygen atoms in total. The molecule has 0 amide bonds. The van der Waals surface area contributed by atoms with Crippen molar-refractivity contribution in [3.05, 3.63) is 413 Å². The summed E-state index contributed by atoms with van der Waals surface area (Å²) < 4.78 is 22.3. The van der Waals surface area contributed by atoms with E-state index in [2.05, 4.69) is 413 Å². The van der Waals surface area contributed by atoms with Crippen LogP contribution in [0.5, 0.6) is 0 Å². The number of hydrogen-bond donors (Lipinski definition) is 0. The van der Waals surface area contributed by atoms with Crippen LogP contribution in [0.3, 0.4) is 0 Å². The molecule has 0 spiro atoms. The fourth-order valence-electron chi connectivity index (χ4n) is 18.1. The third-order valence-corrected chi connectivity index (χ3v) is 23.4. The highest BCUT2D eigenvalue weighted by atomic mass is 16.3. The zero-order chi connectivity index (χ0) is 74.9. The monoisotopic (exact) mass is 1450 g/mol. The molecular formula is C108H68N4O2. The largest absolute Gasteiger partial charge is 0.456 e. The van der Waals surface area contributed by atoms with Crippen LogP contribution in [-0.4, -0.2) is 18.3 Å². The maximum atomic E-state index is 6.54. The van der Waals surface area contributed by atoms with E-state index < -0.39 is 0 Å². The van der Waals surface area contributed by atoms with Crippen molar-refractivity contribution in [1.82, 2.24) is 18.3 Å². The first kappa shape index (κ1) is 64.7. The van der Waals surface area contributed by atoms with Crippen molar-refractivity contribution in [3.8, 4) is 89.5 Å². The van der Waals surface area contributed by atoms with Crippen molar-refractivity contribution in [3.63, 3.8) is 0 Å². The van der Waals surface area contributed by atoms with E-state index in [0.29, 0.717) is 0 Å². The summed E-state index contributed by atoms with van der Waals surface area (Å²) in [5, 5.41) is 14.3. The second-order valence-electron chi connectivity index (χ2n) is 29.9. The van der Waals surface area contributed by atoms with Gasteiger partial charge in [-0.2, -0.15) is 0 Å². The van der Waals surface area contributed by atoms with Crippen LogP contribution in [0.25, 0.3) is 221 Å². The zero-order valence-electron chi connectivity index (χ0n) is 61.9. The van der Waals surface area contributed by atoms with Gasteiger partial charge in [0, 0.05) is 81.7 Å². The minimum Gasteiger partial charge on any atom is -0.456 e. The Bertz CT molecular complexity index is 7840. The van der Waals surface area contributed by atoms with Gasteiger partial charge in [0.2, 0.25) is 0 Å². The van der Waals surface area contributed by atoms with E-state index in [1.807, 2.05) is 18.2 Å². The molecule has 0 fully saturated rings. The highest BCUT2D eigenvalue weighted by Gasteiger charge is 2.23. The lowest BCUT2D eigenvalue weighted by Gasteiger charge is -2.14. The van der Waals surface area contributed by atoms with Crippen LogP contribution in [0.4, 0.5) is 0 Å². The molecular weight excluding hydrogens is 1390 g/mol. The summed E-state index contributed by atoms with van der Waals surface area (Å²) in [5.41, 5.74) is 31.8. The lowest BCUT2D eigenvalue weighted by molar-refractivity contribution is 0.666. The summed E-state index contributed by atoms with van der Waals surface area (Å²) in [6.07, 6.45) is 0. The number of aromatic nitrogens is 4. The third-order valence-electron chi connectivity index (χ3n) is 23.4. The van der Waals surface area contributed by atoms with Crippen LogP contribution >= 0.6 is 0 Å². The molecule has 0 aliphatic carbocycles. The average Bonchev–Trinajstić information content (AvgIpc) is 1.61. The van der Waals surface area contributed by atoms with Gasteiger partial charge >= 0.3 is 0 Å². The van der Waals surface area contributed by atoms with Gasteiger partial charge in [-0.05, 0) is 212 Å². The summed E-state index contributed by atoms with van der Waals surface area (Å²) in [7, 11) is 0. The number of furan rings is 2. The van der Waals surface area contributed by atoms with Crippen LogP contribution in [0.2, 0.25) is 0 Å². The van der Waals surface area contributed by atoms with E-state index in [1.165, 1.54) is 143 Å². The molecule has 0 saturated carbocycles. The number of rotatable bonds is 10. The summed E-state index contributed by atoms with van der Waals surface area (Å²) in [6.45, 7) is 0. The van der Waals surface area contributed by atoms with Crippen molar-refractivity contribution < 1.29 is 8.83 Å². The molecule has 532 valence electrons. The highest BCUT2D eigenvalue weighted by molar-refractivity contribution is 6.17. The van der Waals surface area contributed by atoms with E-state index in [0.717, 1.165) is 77.7 Å². The Labute approximate surface area is 656 Å². The number of fused-ring (bicyclic) bond motifs is 18. The van der Waals surface area contributed by atoms with Gasteiger partial charge < -0.3 is 27.1 Å². The van der Waals surface area contributed by atoms with E-state index in [1.54, 1.807) is 0 Å². The molecule has 0 aliphatic rings. The summed E-state index contributed by atoms with van der Waals surface area (Å²) >= 11 is 0. The maximum absolute atomic E-state index is 6.54. The van der Waals surface area contributed by atoms with E-state index >= 15 is 0 Å². The highest BCUT2D eigenvalue weighted by Crippen LogP contribution is 2.45. The smallest absolute Gasteiger partial charge is 0.159 e. The van der Waals surface area contributed by atoms with Crippen molar-refractivity contribution >= 4 is 131 Å². The molecule has 18 aromatic carbocycles. The van der Waals surface area contributed by atoms with Crippen LogP contribution in [-0.2, 0) is 0 Å². The minimum absolute atomic E-state index is 0.900. The Kier molecular flexibility index (Phi) is 14.9. The van der Waals surface area contributed by atoms with Gasteiger partial charge in [0.15, 0.2) is 5.58 Å². The molecule has 0 atom stereocenters. The molecule has 6 heteroatoms. The number of benzene rings is 18. The van der Waals surface area contributed by atoms with Gasteiger partial charge in [-0.3, -0.25) is 0 Å². The molecule has 0 bridgehead atoms. The topological polar surface area (TPSA) is 46.0 Å². The van der Waals surface area contributed by atoms with E-state index in [-0.39, 0.29) is 0 Å². The van der Waals surface area contributed by atoms with Crippen LogP contribution in [0.15, 0.2) is 421 Å². The fraction of sp³-hybridized carbons (Fsp3) is 0. The molecule has 0 radical (unpaired) electrons. The third kappa shape index (κ3) is 10.6. The van der Waals surface area contributed by atoms with Gasteiger partial charge in [0.05, 0.1) is 49.8 Å². The Morgan fingerprint density at radius 2 is 0.439 bits per heavy atom. The number of para-hydroxylation sites is 7. The van der Waals surface area contributed by atoms with Gasteiger partial charge in [-0.1, -0.05) is 267 Å². The number of nitrogens with zero attached hydrogens (tertiary/aromatic N) is 4. The summed E-state index contributed by atoms with van der Waals surface area (Å²) in [5.74, 6) is 0. The summed E-state index contributed by atoms with van der Waals surface area (Å²) in [4.78, 5) is 0. The predicted molar refractivity (Wildman–Crippen MR) is 477 cm³/mol. The fourth-order valence-corrected chi connectivity index (χ4v) is 18.1. The first-order valence-electron chi connectivity index (χ1n) is 39.0. The SMILES string of the molecule is c1ccc(-c2cc(-c3ccccc3)cc(-n3c4ccccc4c4cc(-c5ccc6c(c5)c5ccccc5n6-c5ccc6oc7ccccc7c6c5)ccc43)c2)cc1.c1ccc(-c2cc(-c3ccccc3)cc(-n3c4ccccc4c4cc(-c5ccc6c(c5)c5ccccc5n6-c5cccc6c5oc5ccccc56)ccc43)c2)cc1. The predicted octanol–water partition coefficient (Wildman–Crippen LogP) is 29.6. The Morgan fingerprint density at radius 1 is 0.140 bits per heavy atom. The van der Waals surface area contributed by atoms with Crippen LogP contribution < -0.4 is 0 Å². The van der Waals surface area contributed by atoms with Gasteiger partial charge in [0.1, 0.15) is 16.7 Å². The molecule has 0 N–H and O–H groups in total. The van der Waals surface area contributed by atoms with E-state index in [4.69, 9.17) is 8.83 Å². The molecule has 114 heavy (non-hydrogen) atoms. The van der Waals surface area contributed by atoms with Crippen molar-refractivity contribution in [1.29, 1.82) is 0 Å². The second kappa shape index (κ2) is 26.2.